The van der Waals surface area contributed by atoms with Gasteiger partial charge in [0.1, 0.15) is 11.8 Å². The van der Waals surface area contributed by atoms with Crippen molar-refractivity contribution in [1.29, 1.82) is 0 Å². The van der Waals surface area contributed by atoms with E-state index < -0.39 is 0 Å². The molecule has 102 valence electrons. The molecular weight excluding hydrogens is 254 g/mol. The van der Waals surface area contributed by atoms with E-state index in [2.05, 4.69) is 15.5 Å². The summed E-state index contributed by atoms with van der Waals surface area (Å²) >= 11 is 0. The average Bonchev–Trinajstić information content (AvgIpc) is 3.10. The van der Waals surface area contributed by atoms with Crippen molar-refractivity contribution in [2.24, 2.45) is 0 Å². The molecule has 3 aromatic rings. The molecule has 2 aromatic heterocycles. The molecule has 1 unspecified atom stereocenters. The summed E-state index contributed by atoms with van der Waals surface area (Å²) in [6, 6.07) is 11.7. The van der Waals surface area contributed by atoms with Crippen LogP contribution in [0.25, 0.3) is 11.5 Å². The van der Waals surface area contributed by atoms with E-state index in [4.69, 9.17) is 8.83 Å². The monoisotopic (exact) mass is 269 g/mol. The maximum absolute atomic E-state index is 5.77. The van der Waals surface area contributed by atoms with Gasteiger partial charge in [0.2, 0.25) is 5.89 Å². The van der Waals surface area contributed by atoms with Crippen molar-refractivity contribution in [3.05, 3.63) is 59.9 Å². The van der Waals surface area contributed by atoms with Gasteiger partial charge in [-0.1, -0.05) is 30.3 Å². The van der Waals surface area contributed by atoms with Gasteiger partial charge in [-0.05, 0) is 25.6 Å². The second-order valence-electron chi connectivity index (χ2n) is 4.47. The first-order valence-electron chi connectivity index (χ1n) is 6.39. The lowest BCUT2D eigenvalue weighted by molar-refractivity contribution is 0.454. The van der Waals surface area contributed by atoms with Crippen LogP contribution < -0.4 is 5.32 Å². The molecule has 20 heavy (non-hydrogen) atoms. The summed E-state index contributed by atoms with van der Waals surface area (Å²) in [5, 5.41) is 11.4. The molecule has 0 amide bonds. The second kappa shape index (κ2) is 5.30. The first-order valence-corrected chi connectivity index (χ1v) is 6.39. The van der Waals surface area contributed by atoms with Gasteiger partial charge in [-0.25, -0.2) is 0 Å². The zero-order chi connectivity index (χ0) is 13.9. The Morgan fingerprint density at radius 1 is 1.10 bits per heavy atom. The number of furan rings is 1. The van der Waals surface area contributed by atoms with E-state index in [-0.39, 0.29) is 6.04 Å². The van der Waals surface area contributed by atoms with Crippen LogP contribution in [-0.2, 0) is 0 Å². The Kier molecular flexibility index (Phi) is 3.35. The molecule has 0 fully saturated rings. The van der Waals surface area contributed by atoms with Crippen molar-refractivity contribution >= 4 is 0 Å². The molecule has 1 aromatic carbocycles. The molecule has 0 aliphatic heterocycles. The van der Waals surface area contributed by atoms with Gasteiger partial charge < -0.3 is 14.2 Å². The summed E-state index contributed by atoms with van der Waals surface area (Å²) in [7, 11) is 1.87. The molecule has 3 rings (SSSR count). The molecule has 5 nitrogen and oxygen atoms in total. The topological polar surface area (TPSA) is 64.1 Å². The molecular formula is C15H15N3O2. The van der Waals surface area contributed by atoms with Crippen LogP contribution in [0, 0.1) is 6.92 Å². The van der Waals surface area contributed by atoms with Gasteiger partial charge in [-0.15, -0.1) is 10.2 Å². The predicted octanol–water partition coefficient (Wildman–Crippen LogP) is 2.95. The van der Waals surface area contributed by atoms with Crippen molar-refractivity contribution in [2.75, 3.05) is 7.05 Å². The SMILES string of the molecule is CNC(c1ccccc1)c1nnc(-c2ccoc2C)o1. The lowest BCUT2D eigenvalue weighted by Crippen LogP contribution is -2.17. The summed E-state index contributed by atoms with van der Waals surface area (Å²) in [6.07, 6.45) is 1.61. The standard InChI is InChI=1S/C15H15N3O2/c1-10-12(8-9-19-10)14-17-18-15(20-14)13(16-2)11-6-4-3-5-7-11/h3-9,13,16H,1-2H3. The van der Waals surface area contributed by atoms with Gasteiger partial charge in [0.05, 0.1) is 11.8 Å². The normalized spacial score (nSPS) is 12.5. The molecule has 0 saturated carbocycles. The van der Waals surface area contributed by atoms with Crippen LogP contribution in [0.15, 0.2) is 51.5 Å². The number of hydrogen-bond donors (Lipinski definition) is 1. The van der Waals surface area contributed by atoms with Gasteiger partial charge >= 0.3 is 0 Å². The van der Waals surface area contributed by atoms with Crippen LogP contribution >= 0.6 is 0 Å². The lowest BCUT2D eigenvalue weighted by Gasteiger charge is -2.11. The molecule has 0 spiro atoms. The fourth-order valence-corrected chi connectivity index (χ4v) is 2.15. The van der Waals surface area contributed by atoms with E-state index in [1.165, 1.54) is 0 Å². The average molecular weight is 269 g/mol. The Bertz CT molecular complexity index is 688. The first-order chi connectivity index (χ1) is 9.79. The van der Waals surface area contributed by atoms with Crippen molar-refractivity contribution in [3.8, 4) is 11.5 Å². The number of hydrogen-bond acceptors (Lipinski definition) is 5. The minimum absolute atomic E-state index is 0.121. The number of aryl methyl sites for hydroxylation is 1. The number of rotatable bonds is 4. The highest BCUT2D eigenvalue weighted by molar-refractivity contribution is 5.54. The molecule has 5 heteroatoms. The van der Waals surface area contributed by atoms with Gasteiger partial charge in [0.15, 0.2) is 0 Å². The quantitative estimate of drug-likeness (QED) is 0.789. The van der Waals surface area contributed by atoms with Crippen molar-refractivity contribution in [1.82, 2.24) is 15.5 Å². The summed E-state index contributed by atoms with van der Waals surface area (Å²) in [5.41, 5.74) is 1.90. The molecule has 0 radical (unpaired) electrons. The molecule has 0 aliphatic rings. The molecule has 1 atom stereocenters. The van der Waals surface area contributed by atoms with Crippen molar-refractivity contribution < 1.29 is 8.83 Å². The zero-order valence-corrected chi connectivity index (χ0v) is 11.3. The minimum Gasteiger partial charge on any atom is -0.469 e. The first kappa shape index (κ1) is 12.6. The van der Waals surface area contributed by atoms with Crippen LogP contribution in [0.3, 0.4) is 0 Å². The maximum atomic E-state index is 5.77. The molecule has 0 bridgehead atoms. The van der Waals surface area contributed by atoms with E-state index in [1.54, 1.807) is 6.26 Å². The fraction of sp³-hybridized carbons (Fsp3) is 0.200. The summed E-state index contributed by atoms with van der Waals surface area (Å²) in [4.78, 5) is 0. The number of nitrogens with one attached hydrogen (secondary N) is 1. The van der Waals surface area contributed by atoms with E-state index in [0.29, 0.717) is 11.8 Å². The van der Waals surface area contributed by atoms with Crippen molar-refractivity contribution in [2.45, 2.75) is 13.0 Å². The van der Waals surface area contributed by atoms with E-state index in [1.807, 2.05) is 50.4 Å². The van der Waals surface area contributed by atoms with Crippen LogP contribution in [0.4, 0.5) is 0 Å². The molecule has 2 heterocycles. The van der Waals surface area contributed by atoms with Gasteiger partial charge in [0.25, 0.3) is 5.89 Å². The van der Waals surface area contributed by atoms with Crippen LogP contribution in [-0.4, -0.2) is 17.2 Å². The van der Waals surface area contributed by atoms with E-state index in [9.17, 15) is 0 Å². The summed E-state index contributed by atoms with van der Waals surface area (Å²) < 4.78 is 11.0. The minimum atomic E-state index is -0.121. The highest BCUT2D eigenvalue weighted by Crippen LogP contribution is 2.26. The molecule has 1 N–H and O–H groups in total. The Balaban J connectivity index is 1.95. The zero-order valence-electron chi connectivity index (χ0n) is 11.3. The summed E-state index contributed by atoms with van der Waals surface area (Å²) in [6.45, 7) is 1.87. The van der Waals surface area contributed by atoms with Gasteiger partial charge in [-0.2, -0.15) is 0 Å². The van der Waals surface area contributed by atoms with Gasteiger partial charge in [-0.3, -0.25) is 0 Å². The Morgan fingerprint density at radius 2 is 1.90 bits per heavy atom. The number of benzene rings is 1. The van der Waals surface area contributed by atoms with Gasteiger partial charge in [0, 0.05) is 0 Å². The van der Waals surface area contributed by atoms with Crippen LogP contribution in [0.1, 0.15) is 23.3 Å². The summed E-state index contributed by atoms with van der Waals surface area (Å²) in [5.74, 6) is 1.78. The fourth-order valence-electron chi connectivity index (χ4n) is 2.15. The Morgan fingerprint density at radius 3 is 2.55 bits per heavy atom. The van der Waals surface area contributed by atoms with E-state index in [0.717, 1.165) is 16.9 Å². The van der Waals surface area contributed by atoms with E-state index >= 15 is 0 Å². The molecule has 0 aliphatic carbocycles. The largest absolute Gasteiger partial charge is 0.469 e. The molecule has 0 saturated heterocycles. The third kappa shape index (κ3) is 2.23. The smallest absolute Gasteiger partial charge is 0.251 e. The maximum Gasteiger partial charge on any atom is 0.251 e. The predicted molar refractivity (Wildman–Crippen MR) is 74.1 cm³/mol. The Labute approximate surface area is 116 Å². The number of nitrogens with zero attached hydrogens (tertiary/aromatic N) is 2. The Hall–Kier alpha value is -2.40. The second-order valence-corrected chi connectivity index (χ2v) is 4.47. The number of aromatic nitrogens is 2. The van der Waals surface area contributed by atoms with Crippen molar-refractivity contribution in [3.63, 3.8) is 0 Å². The highest BCUT2D eigenvalue weighted by Gasteiger charge is 2.20. The van der Waals surface area contributed by atoms with Crippen LogP contribution in [0.5, 0.6) is 0 Å². The highest BCUT2D eigenvalue weighted by atomic mass is 16.4. The lowest BCUT2D eigenvalue weighted by atomic mass is 10.1. The third-order valence-corrected chi connectivity index (χ3v) is 3.20. The van der Waals surface area contributed by atoms with Crippen LogP contribution in [0.2, 0.25) is 0 Å². The third-order valence-electron chi connectivity index (χ3n) is 3.20.